The van der Waals surface area contributed by atoms with Crippen LogP contribution in [0.5, 0.6) is 0 Å². The molecule has 0 spiro atoms. The Morgan fingerprint density at radius 2 is 1.89 bits per heavy atom. The summed E-state index contributed by atoms with van der Waals surface area (Å²) in [5.74, 6) is -0.269. The molecule has 0 radical (unpaired) electrons. The van der Waals surface area contributed by atoms with Gasteiger partial charge in [0.25, 0.3) is 5.91 Å². The Balaban J connectivity index is 0.000000741. The predicted molar refractivity (Wildman–Crippen MR) is 76.7 cm³/mol. The molecule has 1 aromatic rings. The van der Waals surface area contributed by atoms with Gasteiger partial charge in [0, 0.05) is 6.20 Å². The number of carbonyl (C=O) groups excluding carboxylic acids is 1. The van der Waals surface area contributed by atoms with E-state index in [4.69, 9.17) is 5.26 Å². The van der Waals surface area contributed by atoms with Crippen LogP contribution >= 0.6 is 0 Å². The molecule has 0 saturated heterocycles. The zero-order valence-corrected chi connectivity index (χ0v) is 12.4. The summed E-state index contributed by atoms with van der Waals surface area (Å²) in [4.78, 5) is 15.6. The van der Waals surface area contributed by atoms with Crippen LogP contribution in [0.1, 0.15) is 56.6 Å². The first-order valence-corrected chi connectivity index (χ1v) is 6.82. The van der Waals surface area contributed by atoms with Crippen LogP contribution in [0.15, 0.2) is 18.3 Å². The van der Waals surface area contributed by atoms with Gasteiger partial charge in [-0.15, -0.1) is 0 Å². The molecule has 1 heterocycles. The number of rotatable bonds is 2. The van der Waals surface area contributed by atoms with Crippen LogP contribution in [0.2, 0.25) is 0 Å². The number of carbonyl (C=O) groups is 1. The zero-order valence-electron chi connectivity index (χ0n) is 12.4. The van der Waals surface area contributed by atoms with Crippen molar-refractivity contribution in [3.05, 3.63) is 29.6 Å². The molecule has 0 atom stereocenters. The first kappa shape index (κ1) is 17.1. The zero-order chi connectivity index (χ0) is 14.9. The second-order valence-corrected chi connectivity index (χ2v) is 3.87. The van der Waals surface area contributed by atoms with Crippen LogP contribution < -0.4 is 5.32 Å². The van der Waals surface area contributed by atoms with Crippen LogP contribution in [0, 0.1) is 18.3 Å². The maximum atomic E-state index is 11.6. The topological polar surface area (TPSA) is 65.8 Å². The highest BCUT2D eigenvalue weighted by Gasteiger charge is 2.44. The minimum Gasteiger partial charge on any atom is -0.332 e. The van der Waals surface area contributed by atoms with E-state index in [-0.39, 0.29) is 5.91 Å². The van der Waals surface area contributed by atoms with Crippen molar-refractivity contribution >= 4 is 5.91 Å². The Bertz CT molecular complexity index is 428. The third-order valence-corrected chi connectivity index (χ3v) is 2.46. The summed E-state index contributed by atoms with van der Waals surface area (Å²) >= 11 is 0. The molecule has 1 aliphatic carbocycles. The number of aromatic nitrogens is 1. The maximum Gasteiger partial charge on any atom is 0.271 e. The van der Waals surface area contributed by atoms with E-state index >= 15 is 0 Å². The fourth-order valence-corrected chi connectivity index (χ4v) is 1.27. The average Bonchev–Trinajstić information content (AvgIpc) is 3.24. The second-order valence-electron chi connectivity index (χ2n) is 3.87. The molecular formula is C15H23N3O. The molecule has 1 aromatic heterocycles. The molecule has 4 nitrogen and oxygen atoms in total. The first-order chi connectivity index (χ1) is 9.15. The summed E-state index contributed by atoms with van der Waals surface area (Å²) in [6, 6.07) is 5.60. The van der Waals surface area contributed by atoms with Gasteiger partial charge in [0.15, 0.2) is 0 Å². The normalized spacial score (nSPS) is 13.7. The Morgan fingerprint density at radius 3 is 2.26 bits per heavy atom. The van der Waals surface area contributed by atoms with Crippen LogP contribution in [0.25, 0.3) is 0 Å². The summed E-state index contributed by atoms with van der Waals surface area (Å²) < 4.78 is 0. The highest BCUT2D eigenvalue weighted by atomic mass is 16.2. The molecule has 0 unspecified atom stereocenters. The van der Waals surface area contributed by atoms with E-state index < -0.39 is 5.54 Å². The number of nitriles is 1. The monoisotopic (exact) mass is 261 g/mol. The van der Waals surface area contributed by atoms with E-state index in [1.807, 2.05) is 40.7 Å². The molecule has 2 rings (SSSR count). The Labute approximate surface area is 115 Å². The van der Waals surface area contributed by atoms with Crippen LogP contribution in [-0.2, 0) is 0 Å². The van der Waals surface area contributed by atoms with Gasteiger partial charge < -0.3 is 5.32 Å². The summed E-state index contributed by atoms with van der Waals surface area (Å²) in [5, 5.41) is 11.5. The van der Waals surface area contributed by atoms with E-state index in [1.54, 1.807) is 12.3 Å². The fraction of sp³-hybridized carbons (Fsp3) is 0.533. The van der Waals surface area contributed by atoms with Crippen molar-refractivity contribution in [2.75, 3.05) is 0 Å². The van der Waals surface area contributed by atoms with Crippen LogP contribution in [-0.4, -0.2) is 16.4 Å². The lowest BCUT2D eigenvalue weighted by molar-refractivity contribution is 0.0936. The molecule has 1 amide bonds. The lowest BCUT2D eigenvalue weighted by Crippen LogP contribution is -2.35. The molecule has 4 heteroatoms. The minimum absolute atomic E-state index is 0.269. The number of amides is 1. The average molecular weight is 261 g/mol. The first-order valence-electron chi connectivity index (χ1n) is 6.82. The SMILES string of the molecule is CC.CC.Cc1ccc(C(=O)NC2(C#N)CC2)nc1. The van der Waals surface area contributed by atoms with Crippen molar-refractivity contribution in [1.82, 2.24) is 10.3 Å². The minimum atomic E-state index is -0.621. The van der Waals surface area contributed by atoms with Crippen molar-refractivity contribution in [3.8, 4) is 6.07 Å². The standard InChI is InChI=1S/C11H11N3O.2C2H6/c1-8-2-3-9(13-6-8)10(15)14-11(7-12)4-5-11;2*1-2/h2-3,6H,4-5H2,1H3,(H,14,15);2*1-2H3. The van der Waals surface area contributed by atoms with E-state index in [0.29, 0.717) is 5.69 Å². The van der Waals surface area contributed by atoms with E-state index in [9.17, 15) is 4.79 Å². The van der Waals surface area contributed by atoms with Gasteiger partial charge in [-0.3, -0.25) is 9.78 Å². The molecule has 0 bridgehead atoms. The maximum absolute atomic E-state index is 11.6. The number of hydrogen-bond acceptors (Lipinski definition) is 3. The third-order valence-electron chi connectivity index (χ3n) is 2.46. The summed E-state index contributed by atoms with van der Waals surface area (Å²) in [6.45, 7) is 9.91. The number of pyridine rings is 1. The van der Waals surface area contributed by atoms with Crippen LogP contribution in [0.4, 0.5) is 0 Å². The molecule has 1 aliphatic rings. The Hall–Kier alpha value is -1.89. The summed E-state index contributed by atoms with van der Waals surface area (Å²) in [5.41, 5.74) is 0.749. The van der Waals surface area contributed by atoms with Gasteiger partial charge >= 0.3 is 0 Å². The molecule has 0 aromatic carbocycles. The van der Waals surface area contributed by atoms with Crippen LogP contribution in [0.3, 0.4) is 0 Å². The van der Waals surface area contributed by atoms with Gasteiger partial charge in [0.05, 0.1) is 6.07 Å². The number of nitrogens with zero attached hydrogens (tertiary/aromatic N) is 2. The molecule has 1 fully saturated rings. The smallest absolute Gasteiger partial charge is 0.271 e. The van der Waals surface area contributed by atoms with Gasteiger partial charge in [-0.05, 0) is 31.4 Å². The quantitative estimate of drug-likeness (QED) is 0.888. The van der Waals surface area contributed by atoms with Gasteiger partial charge in [0.2, 0.25) is 0 Å². The molecule has 1 N–H and O–H groups in total. The molecule has 1 saturated carbocycles. The van der Waals surface area contributed by atoms with Crippen molar-refractivity contribution < 1.29 is 4.79 Å². The summed E-state index contributed by atoms with van der Waals surface area (Å²) in [6.07, 6.45) is 3.11. The molecule has 0 aliphatic heterocycles. The highest BCUT2D eigenvalue weighted by Crippen LogP contribution is 2.34. The van der Waals surface area contributed by atoms with Gasteiger partial charge in [-0.25, -0.2) is 0 Å². The van der Waals surface area contributed by atoms with Gasteiger partial charge in [-0.1, -0.05) is 33.8 Å². The molecular weight excluding hydrogens is 238 g/mol. The predicted octanol–water partition coefficient (Wildman–Crippen LogP) is 3.23. The second kappa shape index (κ2) is 8.25. The lowest BCUT2D eigenvalue weighted by Gasteiger charge is -2.08. The lowest BCUT2D eigenvalue weighted by atomic mass is 10.2. The summed E-state index contributed by atoms with van der Waals surface area (Å²) in [7, 11) is 0. The van der Waals surface area contributed by atoms with Crippen molar-refractivity contribution in [2.24, 2.45) is 0 Å². The van der Waals surface area contributed by atoms with E-state index in [2.05, 4.69) is 16.4 Å². The number of hydrogen-bond donors (Lipinski definition) is 1. The van der Waals surface area contributed by atoms with Crippen molar-refractivity contribution in [1.29, 1.82) is 5.26 Å². The van der Waals surface area contributed by atoms with Crippen molar-refractivity contribution in [2.45, 2.75) is 53.0 Å². The largest absolute Gasteiger partial charge is 0.332 e. The fourth-order valence-electron chi connectivity index (χ4n) is 1.27. The third kappa shape index (κ3) is 5.09. The van der Waals surface area contributed by atoms with E-state index in [1.165, 1.54) is 0 Å². The van der Waals surface area contributed by atoms with Crippen molar-refractivity contribution in [3.63, 3.8) is 0 Å². The Morgan fingerprint density at radius 1 is 1.32 bits per heavy atom. The van der Waals surface area contributed by atoms with E-state index in [0.717, 1.165) is 18.4 Å². The Kier molecular flexibility index (Phi) is 7.43. The number of aryl methyl sites for hydroxylation is 1. The molecule has 19 heavy (non-hydrogen) atoms. The van der Waals surface area contributed by atoms with Gasteiger partial charge in [-0.2, -0.15) is 5.26 Å². The highest BCUT2D eigenvalue weighted by molar-refractivity contribution is 5.93. The van der Waals surface area contributed by atoms with Gasteiger partial charge in [0.1, 0.15) is 11.2 Å². The number of nitrogens with one attached hydrogen (secondary N) is 1. The molecule has 104 valence electrons.